The molecule has 0 saturated carbocycles. The van der Waals surface area contributed by atoms with Crippen LogP contribution < -0.4 is 4.72 Å². The maximum Gasteiger partial charge on any atom is 0.261 e. The summed E-state index contributed by atoms with van der Waals surface area (Å²) in [6.45, 7) is 6.06. The van der Waals surface area contributed by atoms with Gasteiger partial charge >= 0.3 is 0 Å². The van der Waals surface area contributed by atoms with Gasteiger partial charge in [-0.05, 0) is 55.0 Å². The SMILES string of the molecule is CCN(CC)S(=O)(=O)c1ccc(S(=O)(=O)Nc2ccc(Br)c(C)c2)cc1. The predicted molar refractivity (Wildman–Crippen MR) is 106 cm³/mol. The summed E-state index contributed by atoms with van der Waals surface area (Å²) in [5, 5.41) is 0. The standard InChI is InChI=1S/C17H21BrN2O4S2/c1-4-20(5-2)26(23,24)16-9-7-15(8-10-16)25(21,22)19-14-6-11-17(18)13(3)12-14/h6-12,19H,4-5H2,1-3H3. The molecule has 0 radical (unpaired) electrons. The summed E-state index contributed by atoms with van der Waals surface area (Å²) in [7, 11) is -7.43. The van der Waals surface area contributed by atoms with Gasteiger partial charge in [-0.1, -0.05) is 29.8 Å². The Bertz CT molecular complexity index is 984. The van der Waals surface area contributed by atoms with Crippen molar-refractivity contribution in [3.63, 3.8) is 0 Å². The number of halogens is 1. The fourth-order valence-electron chi connectivity index (χ4n) is 2.43. The van der Waals surface area contributed by atoms with Crippen molar-refractivity contribution in [2.45, 2.75) is 30.6 Å². The summed E-state index contributed by atoms with van der Waals surface area (Å²) in [5.74, 6) is 0. The Hall–Kier alpha value is -1.42. The van der Waals surface area contributed by atoms with Crippen molar-refractivity contribution in [2.24, 2.45) is 0 Å². The number of rotatable bonds is 7. The number of nitrogens with zero attached hydrogens (tertiary/aromatic N) is 1. The van der Waals surface area contributed by atoms with Crippen molar-refractivity contribution in [2.75, 3.05) is 17.8 Å². The fraction of sp³-hybridized carbons (Fsp3) is 0.294. The van der Waals surface area contributed by atoms with E-state index in [0.717, 1.165) is 10.0 Å². The van der Waals surface area contributed by atoms with E-state index in [1.807, 2.05) is 6.92 Å². The zero-order valence-corrected chi connectivity index (χ0v) is 17.9. The Morgan fingerprint density at radius 2 is 1.46 bits per heavy atom. The van der Waals surface area contributed by atoms with Gasteiger partial charge in [-0.15, -0.1) is 0 Å². The number of sulfonamides is 2. The first-order valence-electron chi connectivity index (χ1n) is 8.01. The van der Waals surface area contributed by atoms with E-state index in [9.17, 15) is 16.8 Å². The van der Waals surface area contributed by atoms with Crippen molar-refractivity contribution in [3.05, 3.63) is 52.5 Å². The van der Waals surface area contributed by atoms with Crippen molar-refractivity contribution >= 4 is 41.7 Å². The molecule has 0 bridgehead atoms. The van der Waals surface area contributed by atoms with Gasteiger partial charge in [0.2, 0.25) is 10.0 Å². The third-order valence-electron chi connectivity index (χ3n) is 3.89. The van der Waals surface area contributed by atoms with E-state index < -0.39 is 20.0 Å². The van der Waals surface area contributed by atoms with Gasteiger partial charge < -0.3 is 0 Å². The molecule has 2 rings (SSSR count). The highest BCUT2D eigenvalue weighted by Crippen LogP contribution is 2.23. The molecule has 2 aromatic carbocycles. The molecule has 0 aromatic heterocycles. The molecule has 6 nitrogen and oxygen atoms in total. The lowest BCUT2D eigenvalue weighted by Crippen LogP contribution is -2.30. The Morgan fingerprint density at radius 3 is 1.96 bits per heavy atom. The van der Waals surface area contributed by atoms with E-state index >= 15 is 0 Å². The molecule has 0 fully saturated rings. The highest BCUT2D eigenvalue weighted by atomic mass is 79.9. The van der Waals surface area contributed by atoms with Crippen LogP contribution in [0.1, 0.15) is 19.4 Å². The van der Waals surface area contributed by atoms with Gasteiger partial charge in [0.1, 0.15) is 0 Å². The molecule has 142 valence electrons. The monoisotopic (exact) mass is 460 g/mol. The number of benzene rings is 2. The van der Waals surface area contributed by atoms with Gasteiger partial charge in [0.05, 0.1) is 9.79 Å². The van der Waals surface area contributed by atoms with E-state index in [1.54, 1.807) is 32.0 Å². The van der Waals surface area contributed by atoms with E-state index in [0.29, 0.717) is 18.8 Å². The highest BCUT2D eigenvalue weighted by molar-refractivity contribution is 9.10. The largest absolute Gasteiger partial charge is 0.280 e. The van der Waals surface area contributed by atoms with Crippen LogP contribution in [0.15, 0.2) is 56.7 Å². The average molecular weight is 461 g/mol. The number of aryl methyl sites for hydroxylation is 1. The summed E-state index contributed by atoms with van der Waals surface area (Å²) in [6, 6.07) is 10.3. The van der Waals surface area contributed by atoms with Crippen LogP contribution in [0.5, 0.6) is 0 Å². The summed E-state index contributed by atoms with van der Waals surface area (Å²) in [6.07, 6.45) is 0. The highest BCUT2D eigenvalue weighted by Gasteiger charge is 2.22. The Balaban J connectivity index is 2.30. The Labute approximate surface area is 163 Å². The van der Waals surface area contributed by atoms with Gasteiger partial charge in [0, 0.05) is 23.2 Å². The predicted octanol–water partition coefficient (Wildman–Crippen LogP) is 3.59. The Morgan fingerprint density at radius 1 is 0.923 bits per heavy atom. The topological polar surface area (TPSA) is 83.6 Å². The number of hydrogen-bond acceptors (Lipinski definition) is 4. The van der Waals surface area contributed by atoms with Crippen LogP contribution in [0.3, 0.4) is 0 Å². The molecule has 26 heavy (non-hydrogen) atoms. The minimum absolute atomic E-state index is 0.00318. The van der Waals surface area contributed by atoms with Crippen LogP contribution in [-0.2, 0) is 20.0 Å². The third kappa shape index (κ3) is 4.46. The van der Waals surface area contributed by atoms with Crippen LogP contribution in [0.4, 0.5) is 5.69 Å². The quantitative estimate of drug-likeness (QED) is 0.683. The number of hydrogen-bond donors (Lipinski definition) is 1. The van der Waals surface area contributed by atoms with Crippen LogP contribution in [0.25, 0.3) is 0 Å². The third-order valence-corrected chi connectivity index (χ3v) is 8.24. The fourth-order valence-corrected chi connectivity index (χ4v) is 5.18. The molecule has 9 heteroatoms. The van der Waals surface area contributed by atoms with E-state index in [1.165, 1.54) is 28.6 Å². The van der Waals surface area contributed by atoms with Gasteiger partial charge in [-0.3, -0.25) is 4.72 Å². The number of nitrogens with one attached hydrogen (secondary N) is 1. The van der Waals surface area contributed by atoms with Crippen LogP contribution in [0, 0.1) is 6.92 Å². The van der Waals surface area contributed by atoms with E-state index in [4.69, 9.17) is 0 Å². The molecule has 0 atom stereocenters. The lowest BCUT2D eigenvalue weighted by Gasteiger charge is -2.18. The molecule has 0 heterocycles. The van der Waals surface area contributed by atoms with Gasteiger partial charge in [-0.2, -0.15) is 4.31 Å². The van der Waals surface area contributed by atoms with Crippen molar-refractivity contribution in [1.29, 1.82) is 0 Å². The molecule has 0 spiro atoms. The smallest absolute Gasteiger partial charge is 0.261 e. The van der Waals surface area contributed by atoms with Crippen LogP contribution in [0.2, 0.25) is 0 Å². The normalized spacial score (nSPS) is 12.3. The summed E-state index contributed by atoms with van der Waals surface area (Å²) >= 11 is 3.37. The summed E-state index contributed by atoms with van der Waals surface area (Å²) < 4.78 is 54.7. The maximum atomic E-state index is 12.5. The zero-order chi connectivity index (χ0) is 19.5. The zero-order valence-electron chi connectivity index (χ0n) is 14.7. The van der Waals surface area contributed by atoms with Crippen LogP contribution >= 0.6 is 15.9 Å². The molecule has 1 N–H and O–H groups in total. The molecule has 0 unspecified atom stereocenters. The van der Waals surface area contributed by atoms with E-state index in [-0.39, 0.29) is 9.79 Å². The Kier molecular flexibility index (Phi) is 6.49. The maximum absolute atomic E-state index is 12.5. The van der Waals surface area contributed by atoms with Gasteiger partial charge in [0.15, 0.2) is 0 Å². The molecular weight excluding hydrogens is 440 g/mol. The lowest BCUT2D eigenvalue weighted by atomic mass is 10.2. The van der Waals surface area contributed by atoms with Crippen molar-refractivity contribution in [1.82, 2.24) is 4.31 Å². The first-order chi connectivity index (χ1) is 12.1. The molecule has 0 aliphatic carbocycles. The van der Waals surface area contributed by atoms with Crippen molar-refractivity contribution < 1.29 is 16.8 Å². The second kappa shape index (κ2) is 8.08. The second-order valence-electron chi connectivity index (χ2n) is 5.63. The molecule has 0 saturated heterocycles. The first-order valence-corrected chi connectivity index (χ1v) is 11.7. The van der Waals surface area contributed by atoms with Crippen molar-refractivity contribution in [3.8, 4) is 0 Å². The van der Waals surface area contributed by atoms with Crippen LogP contribution in [-0.4, -0.2) is 34.2 Å². The summed E-state index contributed by atoms with van der Waals surface area (Å²) in [4.78, 5) is 0.0659. The summed E-state index contributed by atoms with van der Waals surface area (Å²) in [5.41, 5.74) is 1.33. The lowest BCUT2D eigenvalue weighted by molar-refractivity contribution is 0.445. The minimum Gasteiger partial charge on any atom is -0.280 e. The first kappa shape index (κ1) is 20.9. The molecule has 2 aromatic rings. The molecule has 0 aliphatic rings. The second-order valence-corrected chi connectivity index (χ2v) is 10.1. The van der Waals surface area contributed by atoms with Gasteiger partial charge in [0.25, 0.3) is 10.0 Å². The molecule has 0 amide bonds. The average Bonchev–Trinajstić information content (AvgIpc) is 2.59. The molecule has 0 aliphatic heterocycles. The van der Waals surface area contributed by atoms with E-state index in [2.05, 4.69) is 20.7 Å². The number of anilines is 1. The molecular formula is C17H21BrN2O4S2. The van der Waals surface area contributed by atoms with Gasteiger partial charge in [-0.25, -0.2) is 16.8 Å². The minimum atomic E-state index is -3.81.